The Morgan fingerprint density at radius 1 is 1.41 bits per heavy atom. The van der Waals surface area contributed by atoms with Gasteiger partial charge < -0.3 is 15.1 Å². The topological polar surface area (TPSA) is 60.8 Å². The third kappa shape index (κ3) is 3.42. The van der Waals surface area contributed by atoms with E-state index in [4.69, 9.17) is 5.11 Å². The molecule has 4 nitrogen and oxygen atoms in total. The summed E-state index contributed by atoms with van der Waals surface area (Å²) in [5, 5.41) is 18.5. The first-order chi connectivity index (χ1) is 7.86. The van der Waals surface area contributed by atoms with Crippen LogP contribution in [0.4, 0.5) is 10.1 Å². The number of hydrogen-bond donors (Lipinski definition) is 2. The highest BCUT2D eigenvalue weighted by Crippen LogP contribution is 2.17. The van der Waals surface area contributed by atoms with Crippen LogP contribution in [0, 0.1) is 5.82 Å². The van der Waals surface area contributed by atoms with Gasteiger partial charge in [-0.05, 0) is 38.1 Å². The maximum Gasteiger partial charge on any atom is 0.337 e. The Kier molecular flexibility index (Phi) is 4.07. The number of carboxylic acid groups (broad SMARTS) is 1. The van der Waals surface area contributed by atoms with Crippen molar-refractivity contribution >= 4 is 11.7 Å². The Morgan fingerprint density at radius 3 is 2.35 bits per heavy atom. The quantitative estimate of drug-likeness (QED) is 0.820. The molecule has 1 unspecified atom stereocenters. The summed E-state index contributed by atoms with van der Waals surface area (Å²) in [6.45, 7) is 3.54. The fourth-order valence-electron chi connectivity index (χ4n) is 1.48. The van der Waals surface area contributed by atoms with Crippen LogP contribution in [-0.2, 0) is 4.79 Å². The van der Waals surface area contributed by atoms with Crippen molar-refractivity contribution in [1.82, 2.24) is 0 Å². The molecule has 2 N–H and O–H groups in total. The molecule has 0 bridgehead atoms. The zero-order chi connectivity index (χ0) is 13.1. The molecule has 0 heterocycles. The molecule has 0 aliphatic rings. The number of anilines is 1. The molecule has 0 spiro atoms. The van der Waals surface area contributed by atoms with E-state index in [0.717, 1.165) is 0 Å². The highest BCUT2D eigenvalue weighted by atomic mass is 19.1. The van der Waals surface area contributed by atoms with Crippen molar-refractivity contribution in [2.24, 2.45) is 0 Å². The van der Waals surface area contributed by atoms with Gasteiger partial charge in [-0.2, -0.15) is 0 Å². The number of carboxylic acids is 1. The first-order valence-corrected chi connectivity index (χ1v) is 5.33. The Bertz CT molecular complexity index is 389. The average molecular weight is 241 g/mol. The van der Waals surface area contributed by atoms with E-state index in [2.05, 4.69) is 0 Å². The predicted octanol–water partition coefficient (Wildman–Crippen LogP) is 1.49. The number of aliphatic carboxylic acids is 1. The number of aliphatic hydroxyl groups is 1. The van der Waals surface area contributed by atoms with Crippen LogP contribution in [-0.4, -0.2) is 34.9 Å². The smallest absolute Gasteiger partial charge is 0.337 e. The van der Waals surface area contributed by atoms with Crippen LogP contribution >= 0.6 is 0 Å². The van der Waals surface area contributed by atoms with Crippen molar-refractivity contribution in [2.45, 2.75) is 19.4 Å². The third-order valence-electron chi connectivity index (χ3n) is 2.53. The molecule has 0 amide bonds. The lowest BCUT2D eigenvalue weighted by Crippen LogP contribution is -2.46. The van der Waals surface area contributed by atoms with Crippen molar-refractivity contribution in [3.8, 4) is 0 Å². The minimum atomic E-state index is -1.83. The molecule has 94 valence electrons. The summed E-state index contributed by atoms with van der Waals surface area (Å²) in [4.78, 5) is 12.5. The van der Waals surface area contributed by atoms with Gasteiger partial charge in [0.15, 0.2) is 5.60 Å². The van der Waals surface area contributed by atoms with Gasteiger partial charge >= 0.3 is 5.97 Å². The molecule has 1 atom stereocenters. The second-order valence-electron chi connectivity index (χ2n) is 4.07. The fourth-order valence-corrected chi connectivity index (χ4v) is 1.48. The summed E-state index contributed by atoms with van der Waals surface area (Å²) in [6, 6.07) is 5.70. The lowest BCUT2D eigenvalue weighted by molar-refractivity contribution is -0.155. The first kappa shape index (κ1) is 13.4. The highest BCUT2D eigenvalue weighted by molar-refractivity contribution is 5.77. The van der Waals surface area contributed by atoms with Gasteiger partial charge in [0.25, 0.3) is 0 Å². The molecule has 0 aliphatic carbocycles. The van der Waals surface area contributed by atoms with Crippen LogP contribution in [0.25, 0.3) is 0 Å². The SMILES string of the molecule is CCN(CC(C)(O)C(=O)O)c1ccc(F)cc1. The van der Waals surface area contributed by atoms with Crippen molar-refractivity contribution in [3.05, 3.63) is 30.1 Å². The summed E-state index contributed by atoms with van der Waals surface area (Å²) in [7, 11) is 0. The largest absolute Gasteiger partial charge is 0.479 e. The van der Waals surface area contributed by atoms with Gasteiger partial charge in [-0.25, -0.2) is 9.18 Å². The van der Waals surface area contributed by atoms with Gasteiger partial charge in [0.05, 0.1) is 6.54 Å². The Morgan fingerprint density at radius 2 is 1.94 bits per heavy atom. The minimum Gasteiger partial charge on any atom is -0.479 e. The van der Waals surface area contributed by atoms with E-state index < -0.39 is 11.6 Å². The molecule has 0 saturated heterocycles. The van der Waals surface area contributed by atoms with Gasteiger partial charge in [0.2, 0.25) is 0 Å². The molecule has 0 saturated carbocycles. The molecular weight excluding hydrogens is 225 g/mol. The minimum absolute atomic E-state index is 0.0511. The number of benzene rings is 1. The van der Waals surface area contributed by atoms with Crippen LogP contribution in [0.3, 0.4) is 0 Å². The number of likely N-dealkylation sites (N-methyl/N-ethyl adjacent to an activating group) is 1. The van der Waals surface area contributed by atoms with E-state index in [1.54, 1.807) is 17.0 Å². The van der Waals surface area contributed by atoms with Gasteiger partial charge in [0.1, 0.15) is 5.82 Å². The lowest BCUT2D eigenvalue weighted by Gasteiger charge is -2.29. The lowest BCUT2D eigenvalue weighted by atomic mass is 10.1. The molecular formula is C12H16FNO3. The molecule has 1 aromatic rings. The van der Waals surface area contributed by atoms with E-state index in [0.29, 0.717) is 12.2 Å². The van der Waals surface area contributed by atoms with Crippen molar-refractivity contribution < 1.29 is 19.4 Å². The number of carbonyl (C=O) groups is 1. The first-order valence-electron chi connectivity index (χ1n) is 5.33. The van der Waals surface area contributed by atoms with Crippen LogP contribution in [0.2, 0.25) is 0 Å². The summed E-state index contributed by atoms with van der Waals surface area (Å²) in [5.74, 6) is -1.63. The molecule has 1 aromatic carbocycles. The van der Waals surface area contributed by atoms with E-state index >= 15 is 0 Å². The zero-order valence-corrected chi connectivity index (χ0v) is 9.85. The summed E-state index contributed by atoms with van der Waals surface area (Å²) in [5.41, 5.74) is -1.15. The van der Waals surface area contributed by atoms with Crippen LogP contribution in [0.15, 0.2) is 24.3 Å². The molecule has 0 aliphatic heterocycles. The van der Waals surface area contributed by atoms with Gasteiger partial charge in [0, 0.05) is 12.2 Å². The second-order valence-corrected chi connectivity index (χ2v) is 4.07. The Hall–Kier alpha value is -1.62. The Labute approximate surface area is 99.3 Å². The fraction of sp³-hybridized carbons (Fsp3) is 0.417. The van der Waals surface area contributed by atoms with Crippen molar-refractivity contribution in [1.29, 1.82) is 0 Å². The predicted molar refractivity (Wildman–Crippen MR) is 62.5 cm³/mol. The number of rotatable bonds is 5. The molecule has 1 rings (SSSR count). The standard InChI is InChI=1S/C12H16FNO3/c1-3-14(8-12(2,17)11(15)16)10-6-4-9(13)5-7-10/h4-7,17H,3,8H2,1-2H3,(H,15,16). The second kappa shape index (κ2) is 5.14. The Balaban J connectivity index is 2.86. The zero-order valence-electron chi connectivity index (χ0n) is 9.85. The molecule has 5 heteroatoms. The van der Waals surface area contributed by atoms with Crippen molar-refractivity contribution in [2.75, 3.05) is 18.0 Å². The van der Waals surface area contributed by atoms with E-state index in [1.807, 2.05) is 6.92 Å². The van der Waals surface area contributed by atoms with Gasteiger partial charge in [-0.3, -0.25) is 0 Å². The molecule has 0 radical (unpaired) electrons. The van der Waals surface area contributed by atoms with Gasteiger partial charge in [-0.1, -0.05) is 0 Å². The van der Waals surface area contributed by atoms with Crippen LogP contribution < -0.4 is 4.90 Å². The third-order valence-corrected chi connectivity index (χ3v) is 2.53. The number of halogens is 1. The van der Waals surface area contributed by atoms with Crippen molar-refractivity contribution in [3.63, 3.8) is 0 Å². The van der Waals surface area contributed by atoms with Crippen LogP contribution in [0.1, 0.15) is 13.8 Å². The monoisotopic (exact) mass is 241 g/mol. The molecule has 0 aromatic heterocycles. The molecule has 0 fully saturated rings. The maximum atomic E-state index is 12.8. The van der Waals surface area contributed by atoms with Crippen LogP contribution in [0.5, 0.6) is 0 Å². The van der Waals surface area contributed by atoms with E-state index in [1.165, 1.54) is 19.1 Å². The summed E-state index contributed by atoms with van der Waals surface area (Å²) < 4.78 is 12.8. The van der Waals surface area contributed by atoms with E-state index in [-0.39, 0.29) is 12.4 Å². The van der Waals surface area contributed by atoms with E-state index in [9.17, 15) is 14.3 Å². The number of hydrogen-bond acceptors (Lipinski definition) is 3. The molecule has 17 heavy (non-hydrogen) atoms. The summed E-state index contributed by atoms with van der Waals surface area (Å²) in [6.07, 6.45) is 0. The average Bonchev–Trinajstić information content (AvgIpc) is 2.27. The number of nitrogens with zero attached hydrogens (tertiary/aromatic N) is 1. The van der Waals surface area contributed by atoms with Gasteiger partial charge in [-0.15, -0.1) is 0 Å². The maximum absolute atomic E-state index is 12.8. The normalized spacial score (nSPS) is 14.1. The summed E-state index contributed by atoms with van der Waals surface area (Å²) >= 11 is 0. The highest BCUT2D eigenvalue weighted by Gasteiger charge is 2.32.